The van der Waals surface area contributed by atoms with E-state index >= 15 is 0 Å². The smallest absolute Gasteiger partial charge is 0.248 e. The minimum absolute atomic E-state index is 0.145. The number of aromatic nitrogens is 1. The number of piperidine rings is 1. The molecule has 4 rings (SSSR count). The average Bonchev–Trinajstić information content (AvgIpc) is 2.79. The van der Waals surface area contributed by atoms with Gasteiger partial charge in [-0.3, -0.25) is 4.79 Å². The summed E-state index contributed by atoms with van der Waals surface area (Å²) in [5, 5.41) is 2.95. The van der Waals surface area contributed by atoms with E-state index in [0.717, 1.165) is 47.2 Å². The SMILES string of the molecule is CC1CCN(c2cc(-c3cccc(NC(=O)C=Cc4ccccc4)c3)ccn2)CC1. The van der Waals surface area contributed by atoms with Crippen LogP contribution in [0.15, 0.2) is 79.0 Å². The lowest BCUT2D eigenvalue weighted by Crippen LogP contribution is -2.33. The van der Waals surface area contributed by atoms with Crippen molar-refractivity contribution in [3.63, 3.8) is 0 Å². The van der Waals surface area contributed by atoms with Gasteiger partial charge in [-0.25, -0.2) is 4.98 Å². The molecule has 1 aliphatic rings. The molecule has 1 amide bonds. The first kappa shape index (κ1) is 19.9. The minimum atomic E-state index is -0.145. The second-order valence-corrected chi connectivity index (χ2v) is 7.89. The van der Waals surface area contributed by atoms with Gasteiger partial charge in [0.25, 0.3) is 0 Å². The number of benzene rings is 2. The molecule has 2 heterocycles. The third-order valence-corrected chi connectivity index (χ3v) is 5.54. The van der Waals surface area contributed by atoms with Crippen LogP contribution >= 0.6 is 0 Å². The Kier molecular flexibility index (Phi) is 6.23. The Morgan fingerprint density at radius 2 is 1.77 bits per heavy atom. The second kappa shape index (κ2) is 9.40. The van der Waals surface area contributed by atoms with Gasteiger partial charge in [-0.05, 0) is 65.8 Å². The lowest BCUT2D eigenvalue weighted by molar-refractivity contribution is -0.111. The topological polar surface area (TPSA) is 45.2 Å². The molecule has 30 heavy (non-hydrogen) atoms. The van der Waals surface area contributed by atoms with E-state index in [9.17, 15) is 4.79 Å². The Labute approximate surface area is 178 Å². The van der Waals surface area contributed by atoms with E-state index in [1.807, 2.05) is 66.9 Å². The average molecular weight is 398 g/mol. The summed E-state index contributed by atoms with van der Waals surface area (Å²) in [6.07, 6.45) is 7.67. The molecule has 1 aromatic heterocycles. The number of hydrogen-bond acceptors (Lipinski definition) is 3. The molecule has 0 aliphatic carbocycles. The van der Waals surface area contributed by atoms with Crippen molar-refractivity contribution in [1.82, 2.24) is 4.98 Å². The van der Waals surface area contributed by atoms with Crippen molar-refractivity contribution in [2.45, 2.75) is 19.8 Å². The zero-order valence-electron chi connectivity index (χ0n) is 17.3. The summed E-state index contributed by atoms with van der Waals surface area (Å²) in [5.41, 5.74) is 3.95. The fourth-order valence-electron chi connectivity index (χ4n) is 3.71. The molecule has 1 aliphatic heterocycles. The van der Waals surface area contributed by atoms with Gasteiger partial charge in [0.1, 0.15) is 5.82 Å². The monoisotopic (exact) mass is 397 g/mol. The van der Waals surface area contributed by atoms with Crippen LogP contribution in [-0.4, -0.2) is 24.0 Å². The van der Waals surface area contributed by atoms with Gasteiger partial charge >= 0.3 is 0 Å². The fourth-order valence-corrected chi connectivity index (χ4v) is 3.71. The van der Waals surface area contributed by atoms with Crippen LogP contribution in [0.4, 0.5) is 11.5 Å². The summed E-state index contributed by atoms with van der Waals surface area (Å²) >= 11 is 0. The molecule has 0 atom stereocenters. The van der Waals surface area contributed by atoms with Crippen LogP contribution in [0.5, 0.6) is 0 Å². The molecule has 3 aromatic rings. The number of carbonyl (C=O) groups excluding carboxylic acids is 1. The van der Waals surface area contributed by atoms with Gasteiger partial charge in [0, 0.05) is 31.0 Å². The van der Waals surface area contributed by atoms with E-state index in [1.165, 1.54) is 12.8 Å². The predicted octanol–water partition coefficient (Wildman–Crippen LogP) is 5.64. The molecular weight excluding hydrogens is 370 g/mol. The Morgan fingerprint density at radius 1 is 1.00 bits per heavy atom. The number of pyridine rings is 1. The predicted molar refractivity (Wildman–Crippen MR) is 124 cm³/mol. The Hall–Kier alpha value is -3.40. The molecule has 1 N–H and O–H groups in total. The lowest BCUT2D eigenvalue weighted by atomic mass is 9.99. The highest BCUT2D eigenvalue weighted by molar-refractivity contribution is 6.02. The van der Waals surface area contributed by atoms with Gasteiger partial charge in [-0.1, -0.05) is 49.4 Å². The van der Waals surface area contributed by atoms with E-state index in [0.29, 0.717) is 0 Å². The molecule has 152 valence electrons. The van der Waals surface area contributed by atoms with Crippen molar-refractivity contribution in [1.29, 1.82) is 0 Å². The maximum atomic E-state index is 12.3. The van der Waals surface area contributed by atoms with Gasteiger partial charge in [-0.15, -0.1) is 0 Å². The molecule has 0 saturated carbocycles. The maximum absolute atomic E-state index is 12.3. The Morgan fingerprint density at radius 3 is 2.57 bits per heavy atom. The number of amides is 1. The van der Waals surface area contributed by atoms with Crippen molar-refractivity contribution in [2.24, 2.45) is 5.92 Å². The molecule has 0 bridgehead atoms. The van der Waals surface area contributed by atoms with E-state index in [-0.39, 0.29) is 5.91 Å². The van der Waals surface area contributed by atoms with E-state index in [4.69, 9.17) is 0 Å². The maximum Gasteiger partial charge on any atom is 0.248 e. The zero-order valence-corrected chi connectivity index (χ0v) is 17.3. The number of carbonyl (C=O) groups is 1. The van der Waals surface area contributed by atoms with E-state index < -0.39 is 0 Å². The van der Waals surface area contributed by atoms with Crippen LogP contribution in [0.3, 0.4) is 0 Å². The van der Waals surface area contributed by atoms with Crippen LogP contribution in [0, 0.1) is 5.92 Å². The number of hydrogen-bond donors (Lipinski definition) is 1. The number of nitrogens with zero attached hydrogens (tertiary/aromatic N) is 2. The lowest BCUT2D eigenvalue weighted by Gasteiger charge is -2.31. The molecule has 4 nitrogen and oxygen atoms in total. The van der Waals surface area contributed by atoms with Gasteiger partial charge in [0.2, 0.25) is 5.91 Å². The Balaban J connectivity index is 1.46. The van der Waals surface area contributed by atoms with Gasteiger partial charge in [0.15, 0.2) is 0 Å². The number of rotatable bonds is 5. The first-order valence-corrected chi connectivity index (χ1v) is 10.5. The van der Waals surface area contributed by atoms with Gasteiger partial charge in [0.05, 0.1) is 0 Å². The van der Waals surface area contributed by atoms with Crippen molar-refractivity contribution in [2.75, 3.05) is 23.3 Å². The van der Waals surface area contributed by atoms with Crippen LogP contribution in [-0.2, 0) is 4.79 Å². The molecule has 1 saturated heterocycles. The normalized spacial score (nSPS) is 14.8. The number of anilines is 2. The summed E-state index contributed by atoms with van der Waals surface area (Å²) in [7, 11) is 0. The van der Waals surface area contributed by atoms with Crippen molar-refractivity contribution in [3.05, 3.63) is 84.6 Å². The molecule has 2 aromatic carbocycles. The summed E-state index contributed by atoms with van der Waals surface area (Å²) in [4.78, 5) is 19.3. The Bertz CT molecular complexity index is 1020. The summed E-state index contributed by atoms with van der Waals surface area (Å²) in [6, 6.07) is 21.9. The largest absolute Gasteiger partial charge is 0.357 e. The molecule has 0 unspecified atom stereocenters. The quantitative estimate of drug-likeness (QED) is 0.567. The van der Waals surface area contributed by atoms with Gasteiger partial charge < -0.3 is 10.2 Å². The third kappa shape index (κ3) is 5.15. The molecule has 1 fully saturated rings. The van der Waals surface area contributed by atoms with Crippen LogP contribution in [0.2, 0.25) is 0 Å². The third-order valence-electron chi connectivity index (χ3n) is 5.54. The molecule has 4 heteroatoms. The van der Waals surface area contributed by atoms with Crippen LogP contribution in [0.25, 0.3) is 17.2 Å². The van der Waals surface area contributed by atoms with Crippen LogP contribution in [0.1, 0.15) is 25.3 Å². The zero-order chi connectivity index (χ0) is 20.8. The highest BCUT2D eigenvalue weighted by Crippen LogP contribution is 2.27. The highest BCUT2D eigenvalue weighted by Gasteiger charge is 2.17. The number of nitrogens with one attached hydrogen (secondary N) is 1. The van der Waals surface area contributed by atoms with Crippen molar-refractivity contribution in [3.8, 4) is 11.1 Å². The van der Waals surface area contributed by atoms with E-state index in [1.54, 1.807) is 6.08 Å². The highest BCUT2D eigenvalue weighted by atomic mass is 16.1. The summed E-state index contributed by atoms with van der Waals surface area (Å²) in [5.74, 6) is 1.68. The molecule has 0 spiro atoms. The molecule has 0 radical (unpaired) electrons. The first-order chi connectivity index (χ1) is 14.7. The van der Waals surface area contributed by atoms with Crippen molar-refractivity contribution < 1.29 is 4.79 Å². The first-order valence-electron chi connectivity index (χ1n) is 10.5. The van der Waals surface area contributed by atoms with Gasteiger partial charge in [-0.2, -0.15) is 0 Å². The standard InChI is InChI=1S/C26H27N3O/c1-20-13-16-29(17-14-20)25-19-23(12-15-27-25)22-8-5-9-24(18-22)28-26(30)11-10-21-6-3-2-4-7-21/h2-12,15,18-20H,13-14,16-17H2,1H3,(H,28,30). The van der Waals surface area contributed by atoms with Crippen LogP contribution < -0.4 is 10.2 Å². The molecular formula is C26H27N3O. The second-order valence-electron chi connectivity index (χ2n) is 7.89. The minimum Gasteiger partial charge on any atom is -0.357 e. The van der Waals surface area contributed by atoms with Crippen molar-refractivity contribution >= 4 is 23.5 Å². The summed E-state index contributed by atoms with van der Waals surface area (Å²) in [6.45, 7) is 4.43. The fraction of sp³-hybridized carbons (Fsp3) is 0.231. The van der Waals surface area contributed by atoms with E-state index in [2.05, 4.69) is 34.3 Å². The summed E-state index contributed by atoms with van der Waals surface area (Å²) < 4.78 is 0.